The van der Waals surface area contributed by atoms with E-state index in [9.17, 15) is 22.4 Å². The van der Waals surface area contributed by atoms with E-state index in [0.29, 0.717) is 5.56 Å². The van der Waals surface area contributed by atoms with Gasteiger partial charge in [0.2, 0.25) is 0 Å². The smallest absolute Gasteiger partial charge is 0.339 e. The largest absolute Gasteiger partial charge is 0.493 e. The number of carbonyl (C=O) groups excluding carboxylic acids is 2. The van der Waals surface area contributed by atoms with E-state index in [4.69, 9.17) is 21.1 Å². The zero-order valence-electron chi connectivity index (χ0n) is 14.8. The van der Waals surface area contributed by atoms with Crippen molar-refractivity contribution in [2.75, 3.05) is 7.11 Å². The van der Waals surface area contributed by atoms with Crippen molar-refractivity contribution in [1.82, 2.24) is 10.6 Å². The van der Waals surface area contributed by atoms with Crippen molar-refractivity contribution in [1.29, 1.82) is 0 Å². The number of benzene rings is 2. The molecule has 1 aliphatic rings. The van der Waals surface area contributed by atoms with Gasteiger partial charge in [0, 0.05) is 0 Å². The van der Waals surface area contributed by atoms with Crippen molar-refractivity contribution >= 4 is 45.3 Å². The molecule has 0 radical (unpaired) electrons. The zero-order chi connectivity index (χ0) is 21.2. The molecular formula is C18H13FN2O6S2. The van der Waals surface area contributed by atoms with Gasteiger partial charge < -0.3 is 8.92 Å². The summed E-state index contributed by atoms with van der Waals surface area (Å²) >= 11 is 4.73. The number of amides is 2. The maximum Gasteiger partial charge on any atom is 0.339 e. The van der Waals surface area contributed by atoms with E-state index in [1.54, 1.807) is 0 Å². The third-order valence-electron chi connectivity index (χ3n) is 3.74. The molecule has 1 fully saturated rings. The van der Waals surface area contributed by atoms with E-state index < -0.39 is 27.7 Å². The Kier molecular flexibility index (Phi) is 5.62. The van der Waals surface area contributed by atoms with Gasteiger partial charge in [-0.25, -0.2) is 4.39 Å². The Hall–Kier alpha value is -3.31. The number of hydrogen-bond acceptors (Lipinski definition) is 7. The molecule has 2 amide bonds. The Morgan fingerprint density at radius 1 is 1.00 bits per heavy atom. The van der Waals surface area contributed by atoms with Crippen molar-refractivity contribution in [2.24, 2.45) is 0 Å². The van der Waals surface area contributed by atoms with Crippen molar-refractivity contribution in [3.05, 3.63) is 59.4 Å². The Labute approximate surface area is 170 Å². The highest BCUT2D eigenvalue weighted by molar-refractivity contribution is 7.87. The van der Waals surface area contributed by atoms with Gasteiger partial charge in [0.05, 0.1) is 7.11 Å². The first-order valence-electron chi connectivity index (χ1n) is 7.96. The monoisotopic (exact) mass is 436 g/mol. The predicted octanol–water partition coefficient (Wildman–Crippen LogP) is 1.52. The number of thiocarbonyl (C=S) groups is 1. The Morgan fingerprint density at radius 2 is 1.62 bits per heavy atom. The molecule has 0 spiro atoms. The summed E-state index contributed by atoms with van der Waals surface area (Å²) in [7, 11) is -2.94. The minimum absolute atomic E-state index is 0.0391. The SMILES string of the molecule is COc1cc(C=C2C(=O)NC(=S)NC2=O)ccc1OS(=O)(=O)c1ccc(F)cc1. The quantitative estimate of drug-likeness (QED) is 0.316. The second kappa shape index (κ2) is 7.97. The first-order valence-corrected chi connectivity index (χ1v) is 9.78. The summed E-state index contributed by atoms with van der Waals surface area (Å²) in [4.78, 5) is 23.6. The first kappa shape index (κ1) is 20.4. The predicted molar refractivity (Wildman–Crippen MR) is 104 cm³/mol. The van der Waals surface area contributed by atoms with Crippen LogP contribution in [0.2, 0.25) is 0 Å². The first-order chi connectivity index (χ1) is 13.7. The second-order valence-electron chi connectivity index (χ2n) is 5.70. The molecule has 2 aromatic carbocycles. The van der Waals surface area contributed by atoms with Gasteiger partial charge in [-0.1, -0.05) is 6.07 Å². The van der Waals surface area contributed by atoms with Crippen LogP contribution in [0.15, 0.2) is 52.9 Å². The van der Waals surface area contributed by atoms with Crippen LogP contribution in [0, 0.1) is 5.82 Å². The molecule has 150 valence electrons. The molecule has 2 N–H and O–H groups in total. The average Bonchev–Trinajstić information content (AvgIpc) is 2.65. The molecule has 0 aliphatic carbocycles. The lowest BCUT2D eigenvalue weighted by molar-refractivity contribution is -0.123. The number of methoxy groups -OCH3 is 1. The lowest BCUT2D eigenvalue weighted by Gasteiger charge is -2.16. The van der Waals surface area contributed by atoms with E-state index >= 15 is 0 Å². The molecule has 11 heteroatoms. The molecule has 0 aromatic heterocycles. The van der Waals surface area contributed by atoms with Crippen LogP contribution in [-0.4, -0.2) is 32.5 Å². The van der Waals surface area contributed by atoms with E-state index in [0.717, 1.165) is 24.3 Å². The minimum Gasteiger partial charge on any atom is -0.493 e. The molecule has 29 heavy (non-hydrogen) atoms. The van der Waals surface area contributed by atoms with Gasteiger partial charge in [-0.2, -0.15) is 8.42 Å². The van der Waals surface area contributed by atoms with Crippen molar-refractivity contribution in [3.8, 4) is 11.5 Å². The van der Waals surface area contributed by atoms with Crippen LogP contribution in [0.25, 0.3) is 6.08 Å². The highest BCUT2D eigenvalue weighted by Gasteiger charge is 2.26. The van der Waals surface area contributed by atoms with Crippen LogP contribution < -0.4 is 19.6 Å². The normalized spacial score (nSPS) is 14.1. The highest BCUT2D eigenvalue weighted by atomic mass is 32.2. The summed E-state index contributed by atoms with van der Waals surface area (Å²) in [5.74, 6) is -2.01. The molecule has 0 saturated carbocycles. The van der Waals surface area contributed by atoms with Crippen LogP contribution >= 0.6 is 12.2 Å². The van der Waals surface area contributed by atoms with Gasteiger partial charge in [-0.05, 0) is 60.3 Å². The summed E-state index contributed by atoms with van der Waals surface area (Å²) in [6.45, 7) is 0. The molecule has 0 unspecified atom stereocenters. The molecule has 3 rings (SSSR count). The summed E-state index contributed by atoms with van der Waals surface area (Å²) in [5, 5.41) is 4.51. The molecule has 8 nitrogen and oxygen atoms in total. The van der Waals surface area contributed by atoms with Crippen molar-refractivity contribution < 1.29 is 31.3 Å². The molecule has 1 heterocycles. The Morgan fingerprint density at radius 3 is 2.21 bits per heavy atom. The Balaban J connectivity index is 1.90. The molecule has 0 bridgehead atoms. The van der Waals surface area contributed by atoms with Crippen LogP contribution in [0.3, 0.4) is 0 Å². The minimum atomic E-state index is -4.23. The van der Waals surface area contributed by atoms with Gasteiger partial charge in [-0.3, -0.25) is 20.2 Å². The van der Waals surface area contributed by atoms with Gasteiger partial charge >= 0.3 is 10.1 Å². The maximum absolute atomic E-state index is 13.0. The Bertz CT molecular complexity index is 1120. The average molecular weight is 436 g/mol. The van der Waals surface area contributed by atoms with Crippen molar-refractivity contribution in [2.45, 2.75) is 4.90 Å². The van der Waals surface area contributed by atoms with Gasteiger partial charge in [0.25, 0.3) is 11.8 Å². The molecule has 1 saturated heterocycles. The number of halogens is 1. The topological polar surface area (TPSA) is 111 Å². The molecule has 2 aromatic rings. The van der Waals surface area contributed by atoms with E-state index in [1.165, 1.54) is 31.4 Å². The lowest BCUT2D eigenvalue weighted by Crippen LogP contribution is -2.51. The highest BCUT2D eigenvalue weighted by Crippen LogP contribution is 2.31. The van der Waals surface area contributed by atoms with Crippen LogP contribution in [0.4, 0.5) is 4.39 Å². The van der Waals surface area contributed by atoms with Crippen LogP contribution in [0.5, 0.6) is 11.5 Å². The molecule has 0 atom stereocenters. The number of ether oxygens (including phenoxy) is 1. The fraction of sp³-hybridized carbons (Fsp3) is 0.0556. The third-order valence-corrected chi connectivity index (χ3v) is 5.20. The summed E-state index contributed by atoms with van der Waals surface area (Å²) in [6.07, 6.45) is 1.28. The van der Waals surface area contributed by atoms with E-state index in [1.807, 2.05) is 0 Å². The summed E-state index contributed by atoms with van der Waals surface area (Å²) < 4.78 is 48.0. The molecule has 1 aliphatic heterocycles. The number of hydrogen-bond donors (Lipinski definition) is 2. The zero-order valence-corrected chi connectivity index (χ0v) is 16.4. The van der Waals surface area contributed by atoms with E-state index in [2.05, 4.69) is 10.6 Å². The molecular weight excluding hydrogens is 423 g/mol. The fourth-order valence-electron chi connectivity index (χ4n) is 2.38. The summed E-state index contributed by atoms with van der Waals surface area (Å²) in [5.41, 5.74) is 0.190. The van der Waals surface area contributed by atoms with Gasteiger partial charge in [-0.15, -0.1) is 0 Å². The van der Waals surface area contributed by atoms with Gasteiger partial charge in [0.1, 0.15) is 16.3 Å². The van der Waals surface area contributed by atoms with E-state index in [-0.39, 0.29) is 27.1 Å². The number of nitrogens with one attached hydrogen (secondary N) is 2. The number of rotatable bonds is 5. The number of carbonyl (C=O) groups is 2. The standard InChI is InChI=1S/C18H13FN2O6S2/c1-26-15-9-10(8-13-16(22)20-18(28)21-17(13)23)2-7-14(15)27-29(24,25)12-5-3-11(19)4-6-12/h2-9H,1H3,(H2,20,21,22,23,28). The van der Waals surface area contributed by atoms with Gasteiger partial charge in [0.15, 0.2) is 16.6 Å². The van der Waals surface area contributed by atoms with Crippen molar-refractivity contribution in [3.63, 3.8) is 0 Å². The van der Waals surface area contributed by atoms with Crippen LogP contribution in [0.1, 0.15) is 5.56 Å². The maximum atomic E-state index is 13.0. The second-order valence-corrected chi connectivity index (χ2v) is 7.65. The third kappa shape index (κ3) is 4.58. The lowest BCUT2D eigenvalue weighted by atomic mass is 10.1. The van der Waals surface area contributed by atoms with Crippen LogP contribution in [-0.2, 0) is 19.7 Å². The summed E-state index contributed by atoms with van der Waals surface area (Å²) in [6, 6.07) is 8.24. The fourth-order valence-corrected chi connectivity index (χ4v) is 3.51.